The maximum absolute atomic E-state index is 12.9. The van der Waals surface area contributed by atoms with Crippen molar-refractivity contribution < 1.29 is 4.79 Å². The van der Waals surface area contributed by atoms with Crippen LogP contribution >= 0.6 is 0 Å². The lowest BCUT2D eigenvalue weighted by Crippen LogP contribution is -2.44. The normalized spacial score (nSPS) is 14.5. The average Bonchev–Trinajstić information content (AvgIpc) is 2.75. The molecule has 1 amide bonds. The summed E-state index contributed by atoms with van der Waals surface area (Å²) >= 11 is 0. The number of amides is 1. The van der Waals surface area contributed by atoms with Crippen LogP contribution < -0.4 is 10.2 Å². The SMILES string of the molecule is Cc1cccc(N2CCN(/C=C(/C#N)C(=O)Nc3c(C)cccc3C(C)C)CC2)c1C. The van der Waals surface area contributed by atoms with Gasteiger partial charge in [0.2, 0.25) is 0 Å². The molecule has 1 aliphatic heterocycles. The second-order valence-corrected chi connectivity index (χ2v) is 8.54. The van der Waals surface area contributed by atoms with E-state index in [0.717, 1.165) is 43.0 Å². The van der Waals surface area contributed by atoms with Gasteiger partial charge in [-0.2, -0.15) is 5.26 Å². The first-order valence-corrected chi connectivity index (χ1v) is 10.9. The van der Waals surface area contributed by atoms with Crippen LogP contribution in [0.5, 0.6) is 0 Å². The van der Waals surface area contributed by atoms with Gasteiger partial charge in [0, 0.05) is 43.8 Å². The van der Waals surface area contributed by atoms with Crippen molar-refractivity contribution in [1.29, 1.82) is 5.26 Å². The minimum absolute atomic E-state index is 0.137. The molecule has 1 saturated heterocycles. The molecule has 0 unspecified atom stereocenters. The van der Waals surface area contributed by atoms with Gasteiger partial charge in [-0.15, -0.1) is 0 Å². The minimum Gasteiger partial charge on any atom is -0.373 e. The van der Waals surface area contributed by atoms with E-state index in [9.17, 15) is 10.1 Å². The quantitative estimate of drug-likeness (QED) is 0.556. The fourth-order valence-corrected chi connectivity index (χ4v) is 4.01. The highest BCUT2D eigenvalue weighted by molar-refractivity contribution is 6.07. The van der Waals surface area contributed by atoms with Crippen LogP contribution in [-0.4, -0.2) is 37.0 Å². The predicted octanol–water partition coefficient (Wildman–Crippen LogP) is 4.90. The van der Waals surface area contributed by atoms with Gasteiger partial charge in [0.05, 0.1) is 0 Å². The van der Waals surface area contributed by atoms with Crippen LogP contribution in [-0.2, 0) is 4.79 Å². The number of para-hydroxylation sites is 1. The third kappa shape index (κ3) is 5.08. The molecule has 0 aliphatic carbocycles. The number of nitriles is 1. The van der Waals surface area contributed by atoms with Crippen LogP contribution in [0.15, 0.2) is 48.2 Å². The zero-order chi connectivity index (χ0) is 22.5. The molecule has 1 N–H and O–H groups in total. The summed E-state index contributed by atoms with van der Waals surface area (Å²) in [5.74, 6) is -0.0708. The Kier molecular flexibility index (Phi) is 7.02. The molecule has 1 heterocycles. The number of carbonyl (C=O) groups excluding carboxylic acids is 1. The lowest BCUT2D eigenvalue weighted by Gasteiger charge is -2.36. The van der Waals surface area contributed by atoms with E-state index in [1.807, 2.05) is 25.1 Å². The standard InChI is InChI=1S/C26H32N4O/c1-18(2)23-10-6-9-20(4)25(23)28-26(31)22(16-27)17-29-12-14-30(15-13-29)24-11-7-8-19(3)21(24)5/h6-11,17-18H,12-15H2,1-5H3,(H,28,31)/b22-17-. The number of hydrogen-bond acceptors (Lipinski definition) is 4. The summed E-state index contributed by atoms with van der Waals surface area (Å²) in [6, 6.07) is 14.5. The first-order chi connectivity index (χ1) is 14.8. The minimum atomic E-state index is -0.351. The number of rotatable bonds is 5. The molecule has 1 fully saturated rings. The maximum atomic E-state index is 12.9. The predicted molar refractivity (Wildman–Crippen MR) is 127 cm³/mol. The molecule has 31 heavy (non-hydrogen) atoms. The van der Waals surface area contributed by atoms with Crippen molar-refractivity contribution in [2.75, 3.05) is 36.4 Å². The van der Waals surface area contributed by atoms with Crippen molar-refractivity contribution >= 4 is 17.3 Å². The van der Waals surface area contributed by atoms with Gasteiger partial charge in [0.25, 0.3) is 5.91 Å². The van der Waals surface area contributed by atoms with Gasteiger partial charge in [-0.05, 0) is 55.0 Å². The first kappa shape index (κ1) is 22.4. The van der Waals surface area contributed by atoms with Gasteiger partial charge in [0.15, 0.2) is 0 Å². The van der Waals surface area contributed by atoms with Gasteiger partial charge in [-0.25, -0.2) is 0 Å². The largest absolute Gasteiger partial charge is 0.373 e. The van der Waals surface area contributed by atoms with Crippen molar-refractivity contribution in [1.82, 2.24) is 4.90 Å². The lowest BCUT2D eigenvalue weighted by molar-refractivity contribution is -0.112. The molecule has 5 heteroatoms. The van der Waals surface area contributed by atoms with Gasteiger partial charge in [0.1, 0.15) is 11.6 Å². The van der Waals surface area contributed by atoms with E-state index in [1.54, 1.807) is 6.20 Å². The Bertz CT molecular complexity index is 1020. The summed E-state index contributed by atoms with van der Waals surface area (Å²) in [4.78, 5) is 17.3. The van der Waals surface area contributed by atoms with Crippen molar-refractivity contribution in [3.63, 3.8) is 0 Å². The molecule has 0 spiro atoms. The Hall–Kier alpha value is -3.26. The summed E-state index contributed by atoms with van der Waals surface area (Å²) in [6.45, 7) is 13.7. The number of anilines is 2. The molecule has 5 nitrogen and oxygen atoms in total. The molecule has 2 aromatic carbocycles. The highest BCUT2D eigenvalue weighted by atomic mass is 16.1. The van der Waals surface area contributed by atoms with Gasteiger partial charge in [-0.3, -0.25) is 4.79 Å². The number of carbonyl (C=O) groups is 1. The van der Waals surface area contributed by atoms with Gasteiger partial charge in [-0.1, -0.05) is 44.2 Å². The van der Waals surface area contributed by atoms with E-state index in [0.29, 0.717) is 0 Å². The third-order valence-electron chi connectivity index (χ3n) is 6.07. The average molecular weight is 417 g/mol. The van der Waals surface area contributed by atoms with E-state index in [2.05, 4.69) is 67.1 Å². The Morgan fingerprint density at radius 2 is 1.68 bits per heavy atom. The molecule has 162 valence electrons. The molecule has 2 aromatic rings. The number of aryl methyl sites for hydroxylation is 2. The lowest BCUT2D eigenvalue weighted by atomic mass is 9.98. The zero-order valence-corrected chi connectivity index (χ0v) is 19.2. The zero-order valence-electron chi connectivity index (χ0n) is 19.2. The van der Waals surface area contributed by atoms with Crippen molar-refractivity contribution in [3.8, 4) is 6.07 Å². The summed E-state index contributed by atoms with van der Waals surface area (Å²) in [5.41, 5.74) is 6.89. The Labute approximate surface area is 186 Å². The maximum Gasteiger partial charge on any atom is 0.267 e. The topological polar surface area (TPSA) is 59.4 Å². The number of piperazine rings is 1. The van der Waals surface area contributed by atoms with E-state index in [1.165, 1.54) is 16.8 Å². The number of hydrogen-bond donors (Lipinski definition) is 1. The molecule has 0 bridgehead atoms. The monoisotopic (exact) mass is 416 g/mol. The Morgan fingerprint density at radius 1 is 1.03 bits per heavy atom. The van der Waals surface area contributed by atoms with Crippen LogP contribution in [0.4, 0.5) is 11.4 Å². The second-order valence-electron chi connectivity index (χ2n) is 8.54. The summed E-state index contributed by atoms with van der Waals surface area (Å²) in [5, 5.41) is 12.6. The second kappa shape index (κ2) is 9.70. The van der Waals surface area contributed by atoms with Gasteiger partial charge < -0.3 is 15.1 Å². The van der Waals surface area contributed by atoms with Crippen LogP contribution in [0.3, 0.4) is 0 Å². The third-order valence-corrected chi connectivity index (χ3v) is 6.07. The molecule has 0 atom stereocenters. The van der Waals surface area contributed by atoms with Crippen molar-refractivity contribution in [2.45, 2.75) is 40.5 Å². The first-order valence-electron chi connectivity index (χ1n) is 10.9. The van der Waals surface area contributed by atoms with E-state index < -0.39 is 0 Å². The summed E-state index contributed by atoms with van der Waals surface area (Å²) in [7, 11) is 0. The van der Waals surface area contributed by atoms with E-state index in [-0.39, 0.29) is 17.4 Å². The Morgan fingerprint density at radius 3 is 2.32 bits per heavy atom. The van der Waals surface area contributed by atoms with Gasteiger partial charge >= 0.3 is 0 Å². The van der Waals surface area contributed by atoms with Crippen molar-refractivity contribution in [2.24, 2.45) is 0 Å². The van der Waals surface area contributed by atoms with E-state index >= 15 is 0 Å². The van der Waals surface area contributed by atoms with Crippen LogP contribution in [0.2, 0.25) is 0 Å². The Balaban J connectivity index is 1.70. The number of benzene rings is 2. The van der Waals surface area contributed by atoms with E-state index in [4.69, 9.17) is 0 Å². The molecular weight excluding hydrogens is 384 g/mol. The van der Waals surface area contributed by atoms with Crippen LogP contribution in [0, 0.1) is 32.1 Å². The molecule has 0 radical (unpaired) electrons. The van der Waals surface area contributed by atoms with Crippen LogP contribution in [0.1, 0.15) is 42.0 Å². The molecule has 0 aromatic heterocycles. The molecule has 3 rings (SSSR count). The number of nitrogens with zero attached hydrogens (tertiary/aromatic N) is 3. The molecule has 0 saturated carbocycles. The molecular formula is C26H32N4O. The number of nitrogens with one attached hydrogen (secondary N) is 1. The fraction of sp³-hybridized carbons (Fsp3) is 0.385. The highest BCUT2D eigenvalue weighted by Gasteiger charge is 2.20. The summed E-state index contributed by atoms with van der Waals surface area (Å²) in [6.07, 6.45) is 1.71. The highest BCUT2D eigenvalue weighted by Crippen LogP contribution is 2.28. The fourth-order valence-electron chi connectivity index (χ4n) is 4.01. The van der Waals surface area contributed by atoms with Crippen LogP contribution in [0.25, 0.3) is 0 Å². The van der Waals surface area contributed by atoms with Crippen molar-refractivity contribution in [3.05, 3.63) is 70.4 Å². The summed E-state index contributed by atoms with van der Waals surface area (Å²) < 4.78 is 0. The molecule has 1 aliphatic rings. The smallest absolute Gasteiger partial charge is 0.267 e.